The minimum Gasteiger partial charge on any atom is -0.490 e. The number of anilines is 2. The van der Waals surface area contributed by atoms with Crippen molar-refractivity contribution in [3.05, 3.63) is 35.7 Å². The van der Waals surface area contributed by atoms with Gasteiger partial charge in [-0.05, 0) is 44.5 Å². The van der Waals surface area contributed by atoms with E-state index in [2.05, 4.69) is 10.4 Å². The number of carbonyl (C=O) groups is 1. The van der Waals surface area contributed by atoms with Crippen molar-refractivity contribution >= 4 is 17.3 Å². The monoisotopic (exact) mass is 516 g/mol. The van der Waals surface area contributed by atoms with Crippen LogP contribution < -0.4 is 20.7 Å². The van der Waals surface area contributed by atoms with E-state index in [1.54, 1.807) is 4.90 Å². The van der Waals surface area contributed by atoms with Crippen molar-refractivity contribution in [3.63, 3.8) is 0 Å². The number of amides is 1. The first-order chi connectivity index (χ1) is 17.1. The van der Waals surface area contributed by atoms with Crippen molar-refractivity contribution in [2.75, 3.05) is 43.4 Å². The lowest BCUT2D eigenvalue weighted by atomic mass is 9.96. The second-order valence-corrected chi connectivity index (χ2v) is 9.09. The average molecular weight is 517 g/mol. The highest BCUT2D eigenvalue weighted by Gasteiger charge is 2.42. The number of hydrogen-bond acceptors (Lipinski definition) is 6. The summed E-state index contributed by atoms with van der Waals surface area (Å²) >= 11 is 0. The number of hydrogen-bond donors (Lipinski definition) is 2. The predicted octanol–water partition coefficient (Wildman–Crippen LogP) is 3.43. The van der Waals surface area contributed by atoms with E-state index in [4.69, 9.17) is 10.5 Å². The smallest absolute Gasteiger partial charge is 0.422 e. The van der Waals surface area contributed by atoms with E-state index in [1.165, 1.54) is 24.4 Å². The van der Waals surface area contributed by atoms with Crippen LogP contribution >= 0.6 is 0 Å². The molecule has 198 valence electrons. The standard InChI is InChI=1S/C23H29F5N6O2/c1-32-9-10-33(12-14(32)11-29)21-16(30-22(35)17-7-8-34(31-17)13-19(24)25)5-6-18(20(21)23(26,27)28)36-15-3-2-4-15/h5-8,14-15,19H,2-4,9-13,29H2,1H3,(H,30,35)/t14-/m0/s1. The fourth-order valence-corrected chi connectivity index (χ4v) is 4.36. The minimum atomic E-state index is -4.77. The van der Waals surface area contributed by atoms with Gasteiger partial charge in [0.2, 0.25) is 0 Å². The lowest BCUT2D eigenvalue weighted by Crippen LogP contribution is -2.54. The number of piperazine rings is 1. The highest BCUT2D eigenvalue weighted by molar-refractivity contribution is 6.05. The van der Waals surface area contributed by atoms with Crippen LogP contribution in [0.3, 0.4) is 0 Å². The number of alkyl halides is 5. The van der Waals surface area contributed by atoms with Gasteiger partial charge in [0, 0.05) is 38.4 Å². The van der Waals surface area contributed by atoms with Gasteiger partial charge in [-0.15, -0.1) is 0 Å². The Bertz CT molecular complexity index is 1070. The molecule has 0 unspecified atom stereocenters. The topological polar surface area (TPSA) is 88.6 Å². The van der Waals surface area contributed by atoms with Crippen molar-refractivity contribution in [3.8, 4) is 5.75 Å². The Labute approximate surface area is 205 Å². The van der Waals surface area contributed by atoms with Crippen LogP contribution in [-0.2, 0) is 12.7 Å². The summed E-state index contributed by atoms with van der Waals surface area (Å²) in [6.45, 7) is 0.504. The molecule has 4 rings (SSSR count). The number of nitrogens with two attached hydrogens (primary N) is 1. The van der Waals surface area contributed by atoms with Gasteiger partial charge in [-0.2, -0.15) is 18.3 Å². The second kappa shape index (κ2) is 10.6. The maximum absolute atomic E-state index is 14.5. The van der Waals surface area contributed by atoms with Gasteiger partial charge < -0.3 is 20.7 Å². The number of ether oxygens (including phenoxy) is 1. The van der Waals surface area contributed by atoms with Crippen molar-refractivity contribution in [1.29, 1.82) is 0 Å². The molecule has 36 heavy (non-hydrogen) atoms. The highest BCUT2D eigenvalue weighted by atomic mass is 19.4. The summed E-state index contributed by atoms with van der Waals surface area (Å²) in [5.41, 5.74) is 4.43. The van der Waals surface area contributed by atoms with E-state index < -0.39 is 30.6 Å². The molecule has 3 N–H and O–H groups in total. The molecule has 1 amide bonds. The molecule has 13 heteroatoms. The Morgan fingerprint density at radius 3 is 2.61 bits per heavy atom. The molecule has 1 saturated carbocycles. The normalized spacial score (nSPS) is 19.4. The van der Waals surface area contributed by atoms with Crippen molar-refractivity contribution in [2.24, 2.45) is 5.73 Å². The van der Waals surface area contributed by atoms with Gasteiger partial charge >= 0.3 is 6.18 Å². The molecule has 2 heterocycles. The molecule has 1 atom stereocenters. The minimum absolute atomic E-state index is 0.0722. The maximum atomic E-state index is 14.5. The fourth-order valence-electron chi connectivity index (χ4n) is 4.36. The SMILES string of the molecule is CN1CCN(c2c(NC(=O)c3ccn(CC(F)F)n3)ccc(OC3CCC3)c2C(F)(F)F)C[C@@H]1CN. The molecule has 1 aromatic heterocycles. The van der Waals surface area contributed by atoms with Gasteiger partial charge in [0.05, 0.1) is 17.5 Å². The second-order valence-electron chi connectivity index (χ2n) is 9.09. The van der Waals surface area contributed by atoms with Crippen molar-refractivity contribution in [2.45, 2.75) is 50.6 Å². The Balaban J connectivity index is 1.73. The van der Waals surface area contributed by atoms with Gasteiger partial charge in [-0.25, -0.2) is 8.78 Å². The molecule has 1 aliphatic heterocycles. The lowest BCUT2D eigenvalue weighted by molar-refractivity contribution is -0.139. The molecule has 1 aromatic carbocycles. The number of likely N-dealkylation sites (N-methyl/N-ethyl adjacent to an activating group) is 1. The Morgan fingerprint density at radius 1 is 1.25 bits per heavy atom. The Hall–Kier alpha value is -2.93. The first-order valence-corrected chi connectivity index (χ1v) is 11.8. The zero-order valence-corrected chi connectivity index (χ0v) is 19.8. The van der Waals surface area contributed by atoms with Crippen LogP contribution in [-0.4, -0.2) is 72.4 Å². The average Bonchev–Trinajstić information content (AvgIpc) is 3.24. The quantitative estimate of drug-likeness (QED) is 0.523. The van der Waals surface area contributed by atoms with E-state index in [1.807, 2.05) is 11.9 Å². The van der Waals surface area contributed by atoms with Crippen LogP contribution in [0.25, 0.3) is 0 Å². The third-order valence-corrected chi connectivity index (χ3v) is 6.58. The zero-order chi connectivity index (χ0) is 26.0. The van der Waals surface area contributed by atoms with E-state index in [9.17, 15) is 26.7 Å². The zero-order valence-electron chi connectivity index (χ0n) is 19.8. The van der Waals surface area contributed by atoms with E-state index in [0.717, 1.165) is 11.1 Å². The Morgan fingerprint density at radius 2 is 2.00 bits per heavy atom. The van der Waals surface area contributed by atoms with Crippen LogP contribution in [0.1, 0.15) is 35.3 Å². The molecule has 1 aliphatic carbocycles. The third-order valence-electron chi connectivity index (χ3n) is 6.58. The van der Waals surface area contributed by atoms with Crippen LogP contribution in [0, 0.1) is 0 Å². The summed E-state index contributed by atoms with van der Waals surface area (Å²) in [5.74, 6) is -1.10. The molecule has 8 nitrogen and oxygen atoms in total. The van der Waals surface area contributed by atoms with Gasteiger partial charge in [0.15, 0.2) is 5.69 Å². The van der Waals surface area contributed by atoms with Gasteiger partial charge in [-0.1, -0.05) is 0 Å². The van der Waals surface area contributed by atoms with Crippen LogP contribution in [0.2, 0.25) is 0 Å². The predicted molar refractivity (Wildman–Crippen MR) is 124 cm³/mol. The van der Waals surface area contributed by atoms with Crippen LogP contribution in [0.4, 0.5) is 33.3 Å². The van der Waals surface area contributed by atoms with Gasteiger partial charge in [-0.3, -0.25) is 14.4 Å². The summed E-state index contributed by atoms with van der Waals surface area (Å²) in [4.78, 5) is 16.4. The third kappa shape index (κ3) is 5.72. The van der Waals surface area contributed by atoms with E-state index in [-0.39, 0.29) is 54.6 Å². The summed E-state index contributed by atoms with van der Waals surface area (Å²) in [6, 6.07) is 3.63. The number of nitrogens with one attached hydrogen (secondary N) is 1. The van der Waals surface area contributed by atoms with Gasteiger partial charge in [0.1, 0.15) is 17.9 Å². The van der Waals surface area contributed by atoms with Crippen LogP contribution in [0.15, 0.2) is 24.4 Å². The lowest BCUT2D eigenvalue weighted by Gasteiger charge is -2.42. The molecule has 0 radical (unpaired) electrons. The number of benzene rings is 1. The van der Waals surface area contributed by atoms with Crippen molar-refractivity contribution in [1.82, 2.24) is 14.7 Å². The molecular weight excluding hydrogens is 487 g/mol. The summed E-state index contributed by atoms with van der Waals surface area (Å²) in [6.07, 6.45) is -4.27. The number of aromatic nitrogens is 2. The van der Waals surface area contributed by atoms with E-state index in [0.29, 0.717) is 19.4 Å². The molecule has 0 bridgehead atoms. The summed E-state index contributed by atoms with van der Waals surface area (Å²) in [7, 11) is 1.86. The number of halogens is 5. The first-order valence-electron chi connectivity index (χ1n) is 11.8. The van der Waals surface area contributed by atoms with E-state index >= 15 is 0 Å². The number of carbonyl (C=O) groups excluding carboxylic acids is 1. The maximum Gasteiger partial charge on any atom is 0.422 e. The summed E-state index contributed by atoms with van der Waals surface area (Å²) < 4.78 is 75.5. The van der Waals surface area contributed by atoms with Crippen molar-refractivity contribution < 1.29 is 31.5 Å². The molecule has 0 spiro atoms. The highest BCUT2D eigenvalue weighted by Crippen LogP contribution is 2.48. The summed E-state index contributed by atoms with van der Waals surface area (Å²) in [5, 5.41) is 6.32. The Kier molecular flexibility index (Phi) is 7.69. The first kappa shape index (κ1) is 26.1. The molecule has 1 saturated heterocycles. The molecule has 2 aromatic rings. The van der Waals surface area contributed by atoms with Crippen LogP contribution in [0.5, 0.6) is 5.75 Å². The molecule has 2 fully saturated rings. The largest absolute Gasteiger partial charge is 0.490 e. The number of rotatable bonds is 8. The number of nitrogens with zero attached hydrogens (tertiary/aromatic N) is 4. The fraction of sp³-hybridized carbons (Fsp3) is 0.565. The molecular formula is C23H29F5N6O2. The van der Waals surface area contributed by atoms with Gasteiger partial charge in [0.25, 0.3) is 12.3 Å². The molecule has 2 aliphatic rings.